The van der Waals surface area contributed by atoms with Gasteiger partial charge in [0.15, 0.2) is 5.82 Å². The number of ether oxygens (including phenoxy) is 1. The zero-order valence-corrected chi connectivity index (χ0v) is 15.3. The Kier molecular flexibility index (Phi) is 5.09. The van der Waals surface area contributed by atoms with Gasteiger partial charge in [0.05, 0.1) is 29.6 Å². The third-order valence-corrected chi connectivity index (χ3v) is 4.97. The molecule has 140 valence electrons. The van der Waals surface area contributed by atoms with Crippen molar-refractivity contribution < 1.29 is 13.5 Å². The SMILES string of the molecule is Fc1cc(CNc2ccc3c(Cl)ccnc3c2F)ccc1N1CCOCC1. The summed E-state index contributed by atoms with van der Waals surface area (Å²) >= 11 is 6.07. The number of nitrogens with zero attached hydrogens (tertiary/aromatic N) is 2. The quantitative estimate of drug-likeness (QED) is 0.706. The van der Waals surface area contributed by atoms with Gasteiger partial charge in [-0.25, -0.2) is 8.78 Å². The highest BCUT2D eigenvalue weighted by atomic mass is 35.5. The first-order valence-electron chi connectivity index (χ1n) is 8.71. The Morgan fingerprint density at radius 3 is 2.70 bits per heavy atom. The molecule has 1 aliphatic rings. The lowest BCUT2D eigenvalue weighted by atomic mass is 10.1. The average Bonchev–Trinajstić information content (AvgIpc) is 2.69. The molecule has 1 N–H and O–H groups in total. The van der Waals surface area contributed by atoms with Crippen molar-refractivity contribution >= 4 is 33.9 Å². The molecule has 1 saturated heterocycles. The molecule has 0 atom stereocenters. The highest BCUT2D eigenvalue weighted by Gasteiger charge is 2.16. The molecular weight excluding hydrogens is 372 g/mol. The minimum absolute atomic E-state index is 0.210. The van der Waals surface area contributed by atoms with Gasteiger partial charge < -0.3 is 15.0 Å². The van der Waals surface area contributed by atoms with E-state index in [1.165, 1.54) is 12.3 Å². The van der Waals surface area contributed by atoms with Crippen LogP contribution in [-0.4, -0.2) is 31.3 Å². The molecule has 0 aliphatic carbocycles. The van der Waals surface area contributed by atoms with E-state index in [0.29, 0.717) is 54.6 Å². The van der Waals surface area contributed by atoms with Crippen molar-refractivity contribution in [2.75, 3.05) is 36.5 Å². The Hall–Kier alpha value is -2.44. The van der Waals surface area contributed by atoms with Gasteiger partial charge in [0.1, 0.15) is 11.3 Å². The monoisotopic (exact) mass is 389 g/mol. The van der Waals surface area contributed by atoms with Crippen LogP contribution in [0, 0.1) is 11.6 Å². The molecule has 0 unspecified atom stereocenters. The molecule has 0 bridgehead atoms. The van der Waals surface area contributed by atoms with Crippen LogP contribution in [-0.2, 0) is 11.3 Å². The molecule has 0 spiro atoms. The molecule has 1 aliphatic heterocycles. The summed E-state index contributed by atoms with van der Waals surface area (Å²) in [5, 5.41) is 4.02. The summed E-state index contributed by atoms with van der Waals surface area (Å²) < 4.78 is 34.4. The normalized spacial score (nSPS) is 14.6. The van der Waals surface area contributed by atoms with Crippen molar-refractivity contribution in [2.45, 2.75) is 6.54 Å². The zero-order chi connectivity index (χ0) is 18.8. The molecule has 27 heavy (non-hydrogen) atoms. The lowest BCUT2D eigenvalue weighted by Crippen LogP contribution is -2.36. The molecule has 4 rings (SSSR count). The average molecular weight is 390 g/mol. The fourth-order valence-corrected chi connectivity index (χ4v) is 3.41. The van der Waals surface area contributed by atoms with E-state index in [4.69, 9.17) is 16.3 Å². The summed E-state index contributed by atoms with van der Waals surface area (Å²) in [6.45, 7) is 2.84. The first-order valence-corrected chi connectivity index (χ1v) is 9.09. The molecule has 3 aromatic rings. The Labute approximate surface area is 160 Å². The summed E-state index contributed by atoms with van der Waals surface area (Å²) in [6.07, 6.45) is 1.47. The zero-order valence-electron chi connectivity index (χ0n) is 14.5. The van der Waals surface area contributed by atoms with E-state index in [0.717, 1.165) is 5.56 Å². The maximum atomic E-state index is 14.7. The number of pyridine rings is 1. The van der Waals surface area contributed by atoms with Gasteiger partial charge in [-0.1, -0.05) is 17.7 Å². The minimum atomic E-state index is -0.472. The second-order valence-corrected chi connectivity index (χ2v) is 6.76. The number of hydrogen-bond acceptors (Lipinski definition) is 4. The van der Waals surface area contributed by atoms with Gasteiger partial charge in [0.25, 0.3) is 0 Å². The Balaban J connectivity index is 1.51. The summed E-state index contributed by atoms with van der Waals surface area (Å²) in [6, 6.07) is 10.0. The molecule has 2 aromatic carbocycles. The molecule has 0 saturated carbocycles. The highest BCUT2D eigenvalue weighted by Crippen LogP contribution is 2.28. The van der Waals surface area contributed by atoms with E-state index < -0.39 is 5.82 Å². The Morgan fingerprint density at radius 2 is 1.93 bits per heavy atom. The maximum Gasteiger partial charge on any atom is 0.172 e. The maximum absolute atomic E-state index is 14.7. The van der Waals surface area contributed by atoms with Crippen LogP contribution in [0.2, 0.25) is 5.02 Å². The van der Waals surface area contributed by atoms with Crippen LogP contribution in [0.5, 0.6) is 0 Å². The van der Waals surface area contributed by atoms with E-state index in [9.17, 15) is 8.78 Å². The third-order valence-electron chi connectivity index (χ3n) is 4.64. The fraction of sp³-hybridized carbons (Fsp3) is 0.250. The van der Waals surface area contributed by atoms with Crippen LogP contribution in [0.1, 0.15) is 5.56 Å². The largest absolute Gasteiger partial charge is 0.379 e. The summed E-state index contributed by atoms with van der Waals surface area (Å²) in [5.41, 5.74) is 1.80. The fourth-order valence-electron chi connectivity index (χ4n) is 3.21. The van der Waals surface area contributed by atoms with Crippen molar-refractivity contribution in [1.29, 1.82) is 0 Å². The smallest absolute Gasteiger partial charge is 0.172 e. The molecule has 0 amide bonds. The number of hydrogen-bond donors (Lipinski definition) is 1. The number of anilines is 2. The van der Waals surface area contributed by atoms with Crippen molar-refractivity contribution in [1.82, 2.24) is 4.98 Å². The third kappa shape index (κ3) is 3.68. The number of rotatable bonds is 4. The second-order valence-electron chi connectivity index (χ2n) is 6.35. The predicted molar refractivity (Wildman–Crippen MR) is 103 cm³/mol. The molecule has 2 heterocycles. The summed E-state index contributed by atoms with van der Waals surface area (Å²) in [4.78, 5) is 6.03. The van der Waals surface area contributed by atoms with Gasteiger partial charge in [-0.2, -0.15) is 0 Å². The van der Waals surface area contributed by atoms with E-state index >= 15 is 0 Å². The first kappa shape index (κ1) is 17.9. The number of fused-ring (bicyclic) bond motifs is 1. The molecule has 1 fully saturated rings. The molecule has 1 aromatic heterocycles. The summed E-state index contributed by atoms with van der Waals surface area (Å²) in [7, 11) is 0. The van der Waals surface area contributed by atoms with Crippen LogP contribution in [0.4, 0.5) is 20.2 Å². The minimum Gasteiger partial charge on any atom is -0.379 e. The van der Waals surface area contributed by atoms with Crippen LogP contribution < -0.4 is 10.2 Å². The van der Waals surface area contributed by atoms with Gasteiger partial charge >= 0.3 is 0 Å². The number of morpholine rings is 1. The lowest BCUT2D eigenvalue weighted by molar-refractivity contribution is 0.122. The van der Waals surface area contributed by atoms with Gasteiger partial charge in [-0.05, 0) is 35.9 Å². The van der Waals surface area contributed by atoms with E-state index in [-0.39, 0.29) is 11.3 Å². The molecule has 7 heteroatoms. The first-order chi connectivity index (χ1) is 13.1. The van der Waals surface area contributed by atoms with Gasteiger partial charge in [-0.15, -0.1) is 0 Å². The Morgan fingerprint density at radius 1 is 1.11 bits per heavy atom. The van der Waals surface area contributed by atoms with Gasteiger partial charge in [-0.3, -0.25) is 4.98 Å². The van der Waals surface area contributed by atoms with Crippen LogP contribution >= 0.6 is 11.6 Å². The standard InChI is InChI=1S/C20H18ClF2N3O/c21-15-5-6-24-20-14(15)2-3-17(19(20)23)25-12-13-1-4-18(16(22)11-13)26-7-9-27-10-8-26/h1-6,11,25H,7-10,12H2. The van der Waals surface area contributed by atoms with Crippen LogP contribution in [0.15, 0.2) is 42.6 Å². The second kappa shape index (κ2) is 7.66. The number of aromatic nitrogens is 1. The van der Waals surface area contributed by atoms with E-state index in [2.05, 4.69) is 10.3 Å². The highest BCUT2D eigenvalue weighted by molar-refractivity contribution is 6.35. The molecular formula is C20H18ClF2N3O. The number of halogens is 3. The van der Waals surface area contributed by atoms with Gasteiger partial charge in [0, 0.05) is 31.2 Å². The van der Waals surface area contributed by atoms with E-state index in [1.54, 1.807) is 24.3 Å². The lowest BCUT2D eigenvalue weighted by Gasteiger charge is -2.29. The predicted octanol–water partition coefficient (Wildman–Crippen LogP) is 4.62. The Bertz CT molecular complexity index is 977. The van der Waals surface area contributed by atoms with Crippen molar-refractivity contribution in [2.24, 2.45) is 0 Å². The molecule has 0 radical (unpaired) electrons. The topological polar surface area (TPSA) is 37.4 Å². The van der Waals surface area contributed by atoms with Gasteiger partial charge in [0.2, 0.25) is 0 Å². The van der Waals surface area contributed by atoms with Crippen molar-refractivity contribution in [3.05, 3.63) is 64.8 Å². The molecule has 4 nitrogen and oxygen atoms in total. The number of nitrogens with one attached hydrogen (secondary N) is 1. The van der Waals surface area contributed by atoms with Crippen LogP contribution in [0.25, 0.3) is 10.9 Å². The van der Waals surface area contributed by atoms with Crippen molar-refractivity contribution in [3.8, 4) is 0 Å². The summed E-state index contributed by atoms with van der Waals surface area (Å²) in [5.74, 6) is -0.760. The number of benzene rings is 2. The van der Waals surface area contributed by atoms with Crippen molar-refractivity contribution in [3.63, 3.8) is 0 Å². The van der Waals surface area contributed by atoms with Crippen LogP contribution in [0.3, 0.4) is 0 Å². The van der Waals surface area contributed by atoms with E-state index in [1.807, 2.05) is 11.0 Å².